The number of alkyl halides is 3. The van der Waals surface area contributed by atoms with Crippen LogP contribution < -0.4 is 10.2 Å². The molecule has 0 bridgehead atoms. The van der Waals surface area contributed by atoms with Crippen LogP contribution in [-0.2, 0) is 6.18 Å². The van der Waals surface area contributed by atoms with Gasteiger partial charge in [-0.15, -0.1) is 0 Å². The maximum Gasteiger partial charge on any atom is 0.416 e. The smallest absolute Gasteiger partial charge is 0.395 e. The number of nitro groups is 1. The largest absolute Gasteiger partial charge is 0.416 e. The first kappa shape index (κ1) is 19.5. The monoisotopic (exact) mass is 369 g/mol. The minimum absolute atomic E-state index is 0.00555. The number of likely N-dealkylation sites (N-methyl/N-ethyl adjacent to an activating group) is 1. The summed E-state index contributed by atoms with van der Waals surface area (Å²) in [4.78, 5) is 12.2. The molecule has 0 unspecified atom stereocenters. The zero-order valence-electron chi connectivity index (χ0n) is 14.0. The quantitative estimate of drug-likeness (QED) is 0.566. The number of anilines is 3. The molecule has 0 aliphatic carbocycles. The predicted octanol–water partition coefficient (Wildman–Crippen LogP) is 4.18. The Kier molecular flexibility index (Phi) is 6.04. The topological polar surface area (TPSA) is 78.6 Å². The van der Waals surface area contributed by atoms with Crippen LogP contribution in [0.25, 0.3) is 0 Å². The number of aliphatic hydroxyl groups is 1. The van der Waals surface area contributed by atoms with Gasteiger partial charge in [-0.05, 0) is 43.3 Å². The Balaban J connectivity index is 2.26. The number of halogens is 3. The summed E-state index contributed by atoms with van der Waals surface area (Å²) in [7, 11) is 0. The molecule has 0 saturated heterocycles. The van der Waals surface area contributed by atoms with Crippen LogP contribution in [0, 0.1) is 10.1 Å². The van der Waals surface area contributed by atoms with Gasteiger partial charge in [-0.1, -0.05) is 0 Å². The lowest BCUT2D eigenvalue weighted by Crippen LogP contribution is -2.25. The van der Waals surface area contributed by atoms with Gasteiger partial charge in [0.2, 0.25) is 0 Å². The van der Waals surface area contributed by atoms with Crippen molar-refractivity contribution in [3.63, 3.8) is 0 Å². The van der Waals surface area contributed by atoms with Crippen molar-refractivity contribution in [1.29, 1.82) is 0 Å². The molecule has 0 aromatic heterocycles. The third-order valence-corrected chi connectivity index (χ3v) is 3.78. The first-order valence-electron chi connectivity index (χ1n) is 7.84. The molecule has 2 aromatic carbocycles. The fourth-order valence-corrected chi connectivity index (χ4v) is 2.47. The maximum absolute atomic E-state index is 12.7. The Morgan fingerprint density at radius 2 is 1.85 bits per heavy atom. The second-order valence-corrected chi connectivity index (χ2v) is 5.46. The first-order chi connectivity index (χ1) is 12.3. The lowest BCUT2D eigenvalue weighted by molar-refractivity contribution is -0.384. The Morgan fingerprint density at radius 1 is 1.19 bits per heavy atom. The van der Waals surface area contributed by atoms with E-state index in [9.17, 15) is 23.3 Å². The van der Waals surface area contributed by atoms with Crippen LogP contribution in [0.2, 0.25) is 0 Å². The summed E-state index contributed by atoms with van der Waals surface area (Å²) in [5.41, 5.74) is -0.406. The standard InChI is InChI=1S/C17H18F3N3O3/c1-2-22(9-10-24)14-6-4-13(5-7-14)21-15-8-3-12(17(18,19)20)11-16(15)23(25)26/h3-8,11,21,24H,2,9-10H2,1H3. The van der Waals surface area contributed by atoms with Crippen LogP contribution in [0.15, 0.2) is 42.5 Å². The molecule has 9 heteroatoms. The fraction of sp³-hybridized carbons (Fsp3) is 0.294. The van der Waals surface area contributed by atoms with E-state index < -0.39 is 22.4 Å². The van der Waals surface area contributed by atoms with Crippen molar-refractivity contribution < 1.29 is 23.2 Å². The maximum atomic E-state index is 12.7. The molecule has 2 N–H and O–H groups in total. The number of aliphatic hydroxyl groups excluding tert-OH is 1. The molecule has 0 atom stereocenters. The lowest BCUT2D eigenvalue weighted by Gasteiger charge is -2.22. The molecule has 140 valence electrons. The van der Waals surface area contributed by atoms with E-state index >= 15 is 0 Å². The van der Waals surface area contributed by atoms with Crippen LogP contribution in [-0.4, -0.2) is 29.7 Å². The SMILES string of the molecule is CCN(CCO)c1ccc(Nc2ccc(C(F)(F)F)cc2[N+](=O)[O-])cc1. The van der Waals surface area contributed by atoms with Gasteiger partial charge >= 0.3 is 6.18 Å². The molecule has 2 rings (SSSR count). The van der Waals surface area contributed by atoms with Crippen LogP contribution in [0.4, 0.5) is 35.9 Å². The highest BCUT2D eigenvalue weighted by atomic mass is 19.4. The van der Waals surface area contributed by atoms with E-state index in [2.05, 4.69) is 5.32 Å². The summed E-state index contributed by atoms with van der Waals surface area (Å²) in [6.45, 7) is 3.10. The summed E-state index contributed by atoms with van der Waals surface area (Å²) in [5, 5.41) is 22.9. The molecule has 0 radical (unpaired) electrons. The normalized spacial score (nSPS) is 11.3. The lowest BCUT2D eigenvalue weighted by atomic mass is 10.1. The molecule has 26 heavy (non-hydrogen) atoms. The van der Waals surface area contributed by atoms with Gasteiger partial charge in [-0.3, -0.25) is 10.1 Å². The zero-order chi connectivity index (χ0) is 19.3. The number of nitrogens with one attached hydrogen (secondary N) is 1. The zero-order valence-corrected chi connectivity index (χ0v) is 14.0. The van der Waals surface area contributed by atoms with E-state index in [1.165, 1.54) is 0 Å². The Hall–Kier alpha value is -2.81. The van der Waals surface area contributed by atoms with Crippen molar-refractivity contribution in [1.82, 2.24) is 0 Å². The van der Waals surface area contributed by atoms with Gasteiger partial charge in [0.15, 0.2) is 0 Å². The molecule has 0 aliphatic heterocycles. The molecule has 0 aliphatic rings. The number of nitro benzene ring substituents is 1. The third kappa shape index (κ3) is 4.63. The number of nitrogens with zero attached hydrogens (tertiary/aromatic N) is 2. The van der Waals surface area contributed by atoms with E-state index in [0.29, 0.717) is 24.8 Å². The van der Waals surface area contributed by atoms with E-state index in [0.717, 1.165) is 17.8 Å². The molecular weight excluding hydrogens is 351 g/mol. The van der Waals surface area contributed by atoms with Crippen LogP contribution >= 0.6 is 0 Å². The van der Waals surface area contributed by atoms with Gasteiger partial charge in [0.05, 0.1) is 17.1 Å². The average Bonchev–Trinajstić information content (AvgIpc) is 2.59. The van der Waals surface area contributed by atoms with E-state index in [1.54, 1.807) is 24.3 Å². The van der Waals surface area contributed by atoms with Gasteiger partial charge < -0.3 is 15.3 Å². The summed E-state index contributed by atoms with van der Waals surface area (Å²) in [6, 6.07) is 9.20. The number of hydrogen-bond donors (Lipinski definition) is 2. The van der Waals surface area contributed by atoms with Crippen molar-refractivity contribution in [2.24, 2.45) is 0 Å². The first-order valence-corrected chi connectivity index (χ1v) is 7.84. The predicted molar refractivity (Wildman–Crippen MR) is 92.8 cm³/mol. The molecule has 0 fully saturated rings. The molecule has 2 aromatic rings. The van der Waals surface area contributed by atoms with Gasteiger partial charge in [0.25, 0.3) is 5.69 Å². The summed E-state index contributed by atoms with van der Waals surface area (Å²) >= 11 is 0. The molecule has 0 spiro atoms. The highest BCUT2D eigenvalue weighted by Crippen LogP contribution is 2.36. The molecule has 0 saturated carbocycles. The average molecular weight is 369 g/mol. The minimum Gasteiger partial charge on any atom is -0.395 e. The number of hydrogen-bond acceptors (Lipinski definition) is 5. The van der Waals surface area contributed by atoms with Crippen molar-refractivity contribution in [2.45, 2.75) is 13.1 Å². The van der Waals surface area contributed by atoms with E-state index in [1.807, 2.05) is 11.8 Å². The van der Waals surface area contributed by atoms with E-state index in [4.69, 9.17) is 5.11 Å². The van der Waals surface area contributed by atoms with Crippen molar-refractivity contribution in [2.75, 3.05) is 29.9 Å². The molecule has 0 heterocycles. The summed E-state index contributed by atoms with van der Waals surface area (Å²) < 4.78 is 38.2. The Labute approximate surface area is 148 Å². The Morgan fingerprint density at radius 3 is 2.35 bits per heavy atom. The second kappa shape index (κ2) is 8.05. The molecule has 0 amide bonds. The van der Waals surface area contributed by atoms with Gasteiger partial charge in [-0.25, -0.2) is 0 Å². The molecule has 6 nitrogen and oxygen atoms in total. The van der Waals surface area contributed by atoms with Crippen LogP contribution in [0.3, 0.4) is 0 Å². The highest BCUT2D eigenvalue weighted by Gasteiger charge is 2.33. The van der Waals surface area contributed by atoms with Crippen molar-refractivity contribution >= 4 is 22.7 Å². The van der Waals surface area contributed by atoms with E-state index in [-0.39, 0.29) is 12.3 Å². The summed E-state index contributed by atoms with van der Waals surface area (Å²) in [5.74, 6) is 0. The van der Waals surface area contributed by atoms with Gasteiger partial charge in [-0.2, -0.15) is 13.2 Å². The number of rotatable bonds is 7. The van der Waals surface area contributed by atoms with Crippen LogP contribution in [0.5, 0.6) is 0 Å². The fourth-order valence-electron chi connectivity index (χ4n) is 2.47. The highest BCUT2D eigenvalue weighted by molar-refractivity contribution is 5.71. The van der Waals surface area contributed by atoms with Crippen LogP contribution in [0.1, 0.15) is 12.5 Å². The Bertz CT molecular complexity index is 764. The van der Waals surface area contributed by atoms with Crippen molar-refractivity contribution in [3.8, 4) is 0 Å². The van der Waals surface area contributed by atoms with Crippen molar-refractivity contribution in [3.05, 3.63) is 58.1 Å². The third-order valence-electron chi connectivity index (χ3n) is 3.78. The second-order valence-electron chi connectivity index (χ2n) is 5.46. The minimum atomic E-state index is -4.65. The summed E-state index contributed by atoms with van der Waals surface area (Å²) in [6.07, 6.45) is -4.65. The number of benzene rings is 2. The van der Waals surface area contributed by atoms with Gasteiger partial charge in [0.1, 0.15) is 5.69 Å². The molecular formula is C17H18F3N3O3. The van der Waals surface area contributed by atoms with Gasteiger partial charge in [0, 0.05) is 30.5 Å².